The average Bonchev–Trinajstić information content (AvgIpc) is 2.56. The highest BCUT2D eigenvalue weighted by Gasteiger charge is 2.04. The summed E-state index contributed by atoms with van der Waals surface area (Å²) in [6.45, 7) is 2.26. The van der Waals surface area contributed by atoms with Crippen molar-refractivity contribution in [3.63, 3.8) is 0 Å². The van der Waals surface area contributed by atoms with Gasteiger partial charge in [0.25, 0.3) is 5.56 Å². The van der Waals surface area contributed by atoms with Crippen LogP contribution in [0.4, 0.5) is 0 Å². The molecule has 5 heteroatoms. The molecule has 5 nitrogen and oxygen atoms in total. The van der Waals surface area contributed by atoms with Gasteiger partial charge in [-0.05, 0) is 6.92 Å². The van der Waals surface area contributed by atoms with Crippen molar-refractivity contribution in [3.05, 3.63) is 46.5 Å². The van der Waals surface area contributed by atoms with Crippen molar-refractivity contribution in [2.45, 2.75) is 13.5 Å². The standard InChI is InChI=1S/C9H9N3O2/c1-7-8(4-11-14-7)5-12-6-10-3-2-9(12)13/h2-4,6H,5H2,1H3. The molecule has 0 saturated carbocycles. The molecule has 0 unspecified atom stereocenters. The van der Waals surface area contributed by atoms with Crippen LogP contribution in [0.5, 0.6) is 0 Å². The fourth-order valence-electron chi connectivity index (χ4n) is 1.15. The van der Waals surface area contributed by atoms with Crippen LogP contribution in [0.15, 0.2) is 34.1 Å². The van der Waals surface area contributed by atoms with Crippen LogP contribution < -0.4 is 5.56 Å². The summed E-state index contributed by atoms with van der Waals surface area (Å²) >= 11 is 0. The molecule has 0 N–H and O–H groups in total. The molecule has 0 aliphatic heterocycles. The van der Waals surface area contributed by atoms with Gasteiger partial charge in [0.1, 0.15) is 5.76 Å². The molecule has 0 spiro atoms. The second-order valence-corrected chi connectivity index (χ2v) is 2.95. The smallest absolute Gasteiger partial charge is 0.253 e. The van der Waals surface area contributed by atoms with E-state index in [-0.39, 0.29) is 5.56 Å². The Morgan fingerprint density at radius 3 is 3.07 bits per heavy atom. The van der Waals surface area contributed by atoms with Gasteiger partial charge in [-0.25, -0.2) is 4.98 Å². The van der Waals surface area contributed by atoms with Crippen molar-refractivity contribution in [2.75, 3.05) is 0 Å². The Morgan fingerprint density at radius 1 is 1.57 bits per heavy atom. The molecule has 0 atom stereocenters. The van der Waals surface area contributed by atoms with Gasteiger partial charge in [0.05, 0.1) is 19.1 Å². The van der Waals surface area contributed by atoms with Gasteiger partial charge in [0.2, 0.25) is 0 Å². The molecule has 0 aromatic carbocycles. The molecule has 2 heterocycles. The third-order valence-corrected chi connectivity index (χ3v) is 1.98. The molecule has 2 rings (SSSR count). The van der Waals surface area contributed by atoms with E-state index in [1.54, 1.807) is 6.20 Å². The lowest BCUT2D eigenvalue weighted by Gasteiger charge is -2.01. The number of rotatable bonds is 2. The summed E-state index contributed by atoms with van der Waals surface area (Å²) < 4.78 is 6.39. The van der Waals surface area contributed by atoms with Gasteiger partial charge in [0.15, 0.2) is 0 Å². The molecule has 0 fully saturated rings. The highest BCUT2D eigenvalue weighted by molar-refractivity contribution is 5.11. The number of aryl methyl sites for hydroxylation is 1. The second-order valence-electron chi connectivity index (χ2n) is 2.95. The van der Waals surface area contributed by atoms with Gasteiger partial charge < -0.3 is 4.52 Å². The normalized spacial score (nSPS) is 10.4. The Labute approximate surface area is 80.0 Å². The van der Waals surface area contributed by atoms with Crippen molar-refractivity contribution in [3.8, 4) is 0 Å². The summed E-state index contributed by atoms with van der Waals surface area (Å²) in [5.41, 5.74) is 0.806. The fourth-order valence-corrected chi connectivity index (χ4v) is 1.15. The van der Waals surface area contributed by atoms with E-state index in [4.69, 9.17) is 4.52 Å². The number of hydrogen-bond acceptors (Lipinski definition) is 4. The molecule has 0 bridgehead atoms. The maximum atomic E-state index is 11.3. The first-order chi connectivity index (χ1) is 6.77. The lowest BCUT2D eigenvalue weighted by Crippen LogP contribution is -2.19. The van der Waals surface area contributed by atoms with Crippen molar-refractivity contribution >= 4 is 0 Å². The van der Waals surface area contributed by atoms with Gasteiger partial charge in [-0.2, -0.15) is 0 Å². The first-order valence-electron chi connectivity index (χ1n) is 4.18. The summed E-state index contributed by atoms with van der Waals surface area (Å²) in [5, 5.41) is 3.64. The third-order valence-electron chi connectivity index (χ3n) is 1.98. The minimum atomic E-state index is -0.0828. The minimum Gasteiger partial charge on any atom is -0.361 e. The summed E-state index contributed by atoms with van der Waals surface area (Å²) in [7, 11) is 0. The molecular formula is C9H9N3O2. The summed E-state index contributed by atoms with van der Waals surface area (Å²) in [6.07, 6.45) is 4.57. The van der Waals surface area contributed by atoms with Gasteiger partial charge in [-0.15, -0.1) is 0 Å². The molecule has 14 heavy (non-hydrogen) atoms. The number of aromatic nitrogens is 3. The maximum Gasteiger partial charge on any atom is 0.253 e. The van der Waals surface area contributed by atoms with E-state index >= 15 is 0 Å². The van der Waals surface area contributed by atoms with Crippen LogP contribution in [0.25, 0.3) is 0 Å². The van der Waals surface area contributed by atoms with Crippen LogP contribution in [0.2, 0.25) is 0 Å². The first kappa shape index (κ1) is 8.68. The lowest BCUT2D eigenvalue weighted by molar-refractivity contribution is 0.395. The zero-order chi connectivity index (χ0) is 9.97. The number of hydrogen-bond donors (Lipinski definition) is 0. The Kier molecular flexibility index (Phi) is 2.14. The molecule has 0 aliphatic carbocycles. The predicted octanol–water partition coefficient (Wildman–Crippen LogP) is 0.588. The fraction of sp³-hybridized carbons (Fsp3) is 0.222. The van der Waals surface area contributed by atoms with Crippen LogP contribution >= 0.6 is 0 Å². The van der Waals surface area contributed by atoms with E-state index in [0.29, 0.717) is 6.54 Å². The van der Waals surface area contributed by atoms with E-state index in [2.05, 4.69) is 10.1 Å². The van der Waals surface area contributed by atoms with E-state index in [0.717, 1.165) is 11.3 Å². The molecule has 2 aromatic rings. The molecule has 0 amide bonds. The highest BCUT2D eigenvalue weighted by Crippen LogP contribution is 2.06. The monoisotopic (exact) mass is 191 g/mol. The SMILES string of the molecule is Cc1oncc1Cn1cnccc1=O. The van der Waals surface area contributed by atoms with E-state index in [9.17, 15) is 4.79 Å². The summed E-state index contributed by atoms with van der Waals surface area (Å²) in [4.78, 5) is 15.2. The van der Waals surface area contributed by atoms with Gasteiger partial charge in [-0.3, -0.25) is 9.36 Å². The first-order valence-corrected chi connectivity index (χ1v) is 4.18. The average molecular weight is 191 g/mol. The third kappa shape index (κ3) is 1.56. The van der Waals surface area contributed by atoms with Crippen molar-refractivity contribution in [1.82, 2.24) is 14.7 Å². The molecule has 72 valence electrons. The quantitative estimate of drug-likeness (QED) is 0.696. The van der Waals surface area contributed by atoms with Crippen LogP contribution in [0, 0.1) is 6.92 Å². The van der Waals surface area contributed by atoms with Crippen molar-refractivity contribution in [2.24, 2.45) is 0 Å². The van der Waals surface area contributed by atoms with Gasteiger partial charge >= 0.3 is 0 Å². The molecule has 2 aromatic heterocycles. The van der Waals surface area contributed by atoms with Gasteiger partial charge in [0, 0.05) is 17.8 Å². The van der Waals surface area contributed by atoms with E-state index in [1.807, 2.05) is 6.92 Å². The Morgan fingerprint density at radius 2 is 2.43 bits per heavy atom. The second kappa shape index (κ2) is 3.45. The van der Waals surface area contributed by atoms with Gasteiger partial charge in [-0.1, -0.05) is 5.16 Å². The number of nitrogens with zero attached hydrogens (tertiary/aromatic N) is 3. The molecule has 0 aliphatic rings. The zero-order valence-corrected chi connectivity index (χ0v) is 7.67. The van der Waals surface area contributed by atoms with E-state index in [1.165, 1.54) is 23.2 Å². The van der Waals surface area contributed by atoms with Crippen LogP contribution in [-0.2, 0) is 6.54 Å². The summed E-state index contributed by atoms with van der Waals surface area (Å²) in [6, 6.07) is 1.42. The maximum absolute atomic E-state index is 11.3. The van der Waals surface area contributed by atoms with Crippen molar-refractivity contribution in [1.29, 1.82) is 0 Å². The zero-order valence-electron chi connectivity index (χ0n) is 7.67. The summed E-state index contributed by atoms with van der Waals surface area (Å²) in [5.74, 6) is 0.723. The lowest BCUT2D eigenvalue weighted by atomic mass is 10.3. The molecular weight excluding hydrogens is 182 g/mol. The van der Waals surface area contributed by atoms with Crippen LogP contribution in [0.3, 0.4) is 0 Å². The van der Waals surface area contributed by atoms with Crippen LogP contribution in [0.1, 0.15) is 11.3 Å². The highest BCUT2D eigenvalue weighted by atomic mass is 16.5. The Bertz CT molecular complexity index is 487. The Hall–Kier alpha value is -1.91. The van der Waals surface area contributed by atoms with E-state index < -0.39 is 0 Å². The Balaban J connectivity index is 2.32. The minimum absolute atomic E-state index is 0.0828. The topological polar surface area (TPSA) is 60.9 Å². The largest absolute Gasteiger partial charge is 0.361 e. The predicted molar refractivity (Wildman–Crippen MR) is 48.8 cm³/mol. The molecule has 0 radical (unpaired) electrons. The molecule has 0 saturated heterocycles. The van der Waals surface area contributed by atoms with Crippen molar-refractivity contribution < 1.29 is 4.52 Å². The van der Waals surface area contributed by atoms with Crippen LogP contribution in [-0.4, -0.2) is 14.7 Å².